The summed E-state index contributed by atoms with van der Waals surface area (Å²) in [5, 5.41) is 2.64. The SMILES string of the molecule is O=C(CCc1ncc(-c2cccc(Br)c2)o1)Nc1cccc(F)c1. The van der Waals surface area contributed by atoms with Gasteiger partial charge in [-0.1, -0.05) is 34.1 Å². The first-order valence-corrected chi connectivity index (χ1v) is 8.15. The van der Waals surface area contributed by atoms with Crippen LogP contribution in [0.5, 0.6) is 0 Å². The third-order valence-corrected chi connectivity index (χ3v) is 3.83. The predicted molar refractivity (Wildman–Crippen MR) is 93.0 cm³/mol. The predicted octanol–water partition coefficient (Wildman–Crippen LogP) is 4.81. The Bertz CT molecular complexity index is 863. The second-order valence-corrected chi connectivity index (χ2v) is 6.10. The van der Waals surface area contributed by atoms with Crippen molar-refractivity contribution in [3.8, 4) is 11.3 Å². The lowest BCUT2D eigenvalue weighted by Gasteiger charge is -2.04. The number of nitrogens with one attached hydrogen (secondary N) is 1. The largest absolute Gasteiger partial charge is 0.441 e. The standard InChI is InChI=1S/C18H14BrFN2O2/c19-13-4-1-3-12(9-13)16-11-21-18(24-16)8-7-17(23)22-15-6-2-5-14(20)10-15/h1-6,9-11H,7-8H2,(H,22,23). The van der Waals surface area contributed by atoms with E-state index < -0.39 is 0 Å². The summed E-state index contributed by atoms with van der Waals surface area (Å²) in [4.78, 5) is 16.1. The first-order chi connectivity index (χ1) is 11.6. The van der Waals surface area contributed by atoms with Crippen LogP contribution in [0.15, 0.2) is 63.6 Å². The Kier molecular flexibility index (Phi) is 5.05. The van der Waals surface area contributed by atoms with E-state index in [1.165, 1.54) is 12.1 Å². The van der Waals surface area contributed by atoms with Crippen LogP contribution in [0, 0.1) is 5.82 Å². The van der Waals surface area contributed by atoms with E-state index in [0.717, 1.165) is 10.0 Å². The molecule has 4 nitrogen and oxygen atoms in total. The van der Waals surface area contributed by atoms with Crippen molar-refractivity contribution in [3.63, 3.8) is 0 Å². The second-order valence-electron chi connectivity index (χ2n) is 5.19. The van der Waals surface area contributed by atoms with E-state index in [1.807, 2.05) is 24.3 Å². The number of oxazole rings is 1. The fraction of sp³-hybridized carbons (Fsp3) is 0.111. The van der Waals surface area contributed by atoms with Gasteiger partial charge in [-0.3, -0.25) is 4.79 Å². The summed E-state index contributed by atoms with van der Waals surface area (Å²) in [5.74, 6) is 0.526. The van der Waals surface area contributed by atoms with Crippen LogP contribution in [0.2, 0.25) is 0 Å². The first-order valence-electron chi connectivity index (χ1n) is 7.36. The van der Waals surface area contributed by atoms with Gasteiger partial charge in [-0.25, -0.2) is 9.37 Å². The van der Waals surface area contributed by atoms with Crippen molar-refractivity contribution in [2.24, 2.45) is 0 Å². The Balaban J connectivity index is 1.58. The van der Waals surface area contributed by atoms with Crippen LogP contribution in [-0.2, 0) is 11.2 Å². The van der Waals surface area contributed by atoms with Gasteiger partial charge in [-0.2, -0.15) is 0 Å². The number of aryl methyl sites for hydroxylation is 1. The lowest BCUT2D eigenvalue weighted by molar-refractivity contribution is -0.116. The van der Waals surface area contributed by atoms with E-state index in [1.54, 1.807) is 18.3 Å². The summed E-state index contributed by atoms with van der Waals surface area (Å²) in [5.41, 5.74) is 1.34. The molecule has 0 aliphatic heterocycles. The highest BCUT2D eigenvalue weighted by Crippen LogP contribution is 2.24. The molecule has 0 unspecified atom stereocenters. The molecule has 0 aliphatic carbocycles. The first kappa shape index (κ1) is 16.4. The van der Waals surface area contributed by atoms with E-state index in [4.69, 9.17) is 4.42 Å². The summed E-state index contributed by atoms with van der Waals surface area (Å²) in [7, 11) is 0. The van der Waals surface area contributed by atoms with Crippen LogP contribution in [0.4, 0.5) is 10.1 Å². The molecule has 1 N–H and O–H groups in total. The van der Waals surface area contributed by atoms with Crippen LogP contribution < -0.4 is 5.32 Å². The third-order valence-electron chi connectivity index (χ3n) is 3.34. The Labute approximate surface area is 146 Å². The van der Waals surface area contributed by atoms with Crippen molar-refractivity contribution in [1.29, 1.82) is 0 Å². The average Bonchev–Trinajstić information content (AvgIpc) is 3.02. The Morgan fingerprint density at radius 2 is 2.04 bits per heavy atom. The fourth-order valence-electron chi connectivity index (χ4n) is 2.21. The monoisotopic (exact) mass is 388 g/mol. The minimum Gasteiger partial charge on any atom is -0.441 e. The van der Waals surface area contributed by atoms with Gasteiger partial charge in [0.15, 0.2) is 11.7 Å². The molecule has 1 heterocycles. The van der Waals surface area contributed by atoms with Gasteiger partial charge in [0.2, 0.25) is 5.91 Å². The van der Waals surface area contributed by atoms with Crippen LogP contribution in [0.3, 0.4) is 0 Å². The molecule has 0 bridgehead atoms. The number of nitrogens with zero attached hydrogens (tertiary/aromatic N) is 1. The lowest BCUT2D eigenvalue weighted by Crippen LogP contribution is -2.12. The molecule has 0 atom stereocenters. The number of hydrogen-bond acceptors (Lipinski definition) is 3. The molecule has 1 aromatic heterocycles. The molecular formula is C18H14BrFN2O2. The third kappa shape index (κ3) is 4.29. The average molecular weight is 389 g/mol. The minimum atomic E-state index is -0.390. The zero-order chi connectivity index (χ0) is 16.9. The van der Waals surface area contributed by atoms with Gasteiger partial charge in [0.25, 0.3) is 0 Å². The van der Waals surface area contributed by atoms with Gasteiger partial charge in [-0.15, -0.1) is 0 Å². The lowest BCUT2D eigenvalue weighted by atomic mass is 10.2. The number of anilines is 1. The van der Waals surface area contributed by atoms with E-state index in [0.29, 0.717) is 23.8 Å². The molecule has 0 saturated carbocycles. The topological polar surface area (TPSA) is 55.1 Å². The van der Waals surface area contributed by atoms with Crippen LogP contribution >= 0.6 is 15.9 Å². The quantitative estimate of drug-likeness (QED) is 0.681. The summed E-state index contributed by atoms with van der Waals surface area (Å²) in [6, 6.07) is 13.5. The van der Waals surface area contributed by atoms with Gasteiger partial charge < -0.3 is 9.73 Å². The molecule has 3 aromatic rings. The van der Waals surface area contributed by atoms with E-state index >= 15 is 0 Å². The van der Waals surface area contributed by atoms with Gasteiger partial charge in [0.05, 0.1) is 6.20 Å². The Hall–Kier alpha value is -2.47. The molecule has 0 radical (unpaired) electrons. The van der Waals surface area contributed by atoms with Crippen LogP contribution in [0.25, 0.3) is 11.3 Å². The highest BCUT2D eigenvalue weighted by molar-refractivity contribution is 9.10. The van der Waals surface area contributed by atoms with Crippen molar-refractivity contribution in [3.05, 3.63) is 70.9 Å². The normalized spacial score (nSPS) is 10.6. The summed E-state index contributed by atoms with van der Waals surface area (Å²) in [6.45, 7) is 0. The highest BCUT2D eigenvalue weighted by Gasteiger charge is 2.10. The van der Waals surface area contributed by atoms with Crippen molar-refractivity contribution in [2.45, 2.75) is 12.8 Å². The van der Waals surface area contributed by atoms with E-state index in [-0.39, 0.29) is 18.1 Å². The Morgan fingerprint density at radius 1 is 1.21 bits per heavy atom. The second kappa shape index (κ2) is 7.40. The molecule has 1 amide bonds. The van der Waals surface area contributed by atoms with Crippen LogP contribution in [0.1, 0.15) is 12.3 Å². The minimum absolute atomic E-state index is 0.203. The van der Waals surface area contributed by atoms with Crippen molar-refractivity contribution in [2.75, 3.05) is 5.32 Å². The number of aromatic nitrogens is 1. The number of hydrogen-bond donors (Lipinski definition) is 1. The zero-order valence-corrected chi connectivity index (χ0v) is 14.2. The van der Waals surface area contributed by atoms with Crippen molar-refractivity contribution in [1.82, 2.24) is 4.98 Å². The molecule has 2 aromatic carbocycles. The van der Waals surface area contributed by atoms with E-state index in [2.05, 4.69) is 26.2 Å². The Morgan fingerprint density at radius 3 is 2.83 bits per heavy atom. The maximum atomic E-state index is 13.1. The summed E-state index contributed by atoms with van der Waals surface area (Å²) < 4.78 is 19.7. The number of rotatable bonds is 5. The summed E-state index contributed by atoms with van der Waals surface area (Å²) in [6.07, 6.45) is 2.21. The number of carbonyl (C=O) groups is 1. The maximum Gasteiger partial charge on any atom is 0.224 e. The number of carbonyl (C=O) groups excluding carboxylic acids is 1. The molecule has 0 fully saturated rings. The number of amides is 1. The zero-order valence-electron chi connectivity index (χ0n) is 12.6. The number of benzene rings is 2. The molecule has 0 saturated heterocycles. The van der Waals surface area contributed by atoms with E-state index in [9.17, 15) is 9.18 Å². The fourth-order valence-corrected chi connectivity index (χ4v) is 2.61. The molecule has 6 heteroatoms. The molecule has 0 spiro atoms. The number of halogens is 2. The summed E-state index contributed by atoms with van der Waals surface area (Å²) >= 11 is 3.41. The van der Waals surface area contributed by atoms with Gasteiger partial charge in [0.1, 0.15) is 5.82 Å². The molecule has 0 aliphatic rings. The van der Waals surface area contributed by atoms with Gasteiger partial charge in [0, 0.05) is 28.6 Å². The molecule has 3 rings (SSSR count). The van der Waals surface area contributed by atoms with Gasteiger partial charge in [-0.05, 0) is 30.3 Å². The highest BCUT2D eigenvalue weighted by atomic mass is 79.9. The molecule has 122 valence electrons. The van der Waals surface area contributed by atoms with Gasteiger partial charge >= 0.3 is 0 Å². The molecule has 24 heavy (non-hydrogen) atoms. The van der Waals surface area contributed by atoms with Crippen molar-refractivity contribution >= 4 is 27.5 Å². The molecular weight excluding hydrogens is 375 g/mol. The van der Waals surface area contributed by atoms with Crippen LogP contribution in [-0.4, -0.2) is 10.9 Å². The smallest absolute Gasteiger partial charge is 0.224 e. The van der Waals surface area contributed by atoms with Crippen molar-refractivity contribution < 1.29 is 13.6 Å². The maximum absolute atomic E-state index is 13.1.